The number of fused-ring (bicyclic) bond motifs is 1. The molecule has 88 valence electrons. The van der Waals surface area contributed by atoms with Gasteiger partial charge in [0.15, 0.2) is 0 Å². The molecule has 0 bridgehead atoms. The average Bonchev–Trinajstić information content (AvgIpc) is 2.29. The number of hydrogen-bond acceptors (Lipinski definition) is 5. The molecule has 1 aliphatic rings. The van der Waals surface area contributed by atoms with Crippen LogP contribution in [0, 0.1) is 0 Å². The van der Waals surface area contributed by atoms with Gasteiger partial charge in [-0.15, -0.1) is 0 Å². The highest BCUT2D eigenvalue weighted by molar-refractivity contribution is 5.66. The zero-order valence-corrected chi connectivity index (χ0v) is 8.97. The van der Waals surface area contributed by atoms with Gasteiger partial charge in [-0.3, -0.25) is 0 Å². The smallest absolute Gasteiger partial charge is 0.142 e. The van der Waals surface area contributed by atoms with Gasteiger partial charge < -0.3 is 25.6 Å². The van der Waals surface area contributed by atoms with Crippen LogP contribution in [0.3, 0.4) is 0 Å². The Morgan fingerprint density at radius 3 is 3.06 bits per heavy atom. The van der Waals surface area contributed by atoms with Gasteiger partial charge in [-0.05, 0) is 18.2 Å². The summed E-state index contributed by atoms with van der Waals surface area (Å²) in [5.41, 5.74) is 7.25. The van der Waals surface area contributed by atoms with Gasteiger partial charge in [-0.25, -0.2) is 0 Å². The van der Waals surface area contributed by atoms with Gasteiger partial charge in [-0.2, -0.15) is 0 Å². The van der Waals surface area contributed by atoms with Crippen molar-refractivity contribution >= 4 is 11.4 Å². The normalized spacial score (nSPS) is 16.5. The Labute approximate surface area is 94.1 Å². The van der Waals surface area contributed by atoms with Crippen molar-refractivity contribution in [3.63, 3.8) is 0 Å². The van der Waals surface area contributed by atoms with Gasteiger partial charge in [-0.1, -0.05) is 0 Å². The second-order valence-electron chi connectivity index (χ2n) is 3.86. The van der Waals surface area contributed by atoms with E-state index in [0.717, 1.165) is 11.4 Å². The second-order valence-corrected chi connectivity index (χ2v) is 3.86. The number of aliphatic hydroxyl groups excluding tert-OH is 2. The molecule has 5 nitrogen and oxygen atoms in total. The van der Waals surface area contributed by atoms with Gasteiger partial charge in [0.05, 0.1) is 24.9 Å². The van der Waals surface area contributed by atoms with E-state index in [2.05, 4.69) is 0 Å². The van der Waals surface area contributed by atoms with E-state index in [-0.39, 0.29) is 6.61 Å². The molecule has 1 aromatic rings. The van der Waals surface area contributed by atoms with Crippen molar-refractivity contribution in [2.45, 2.75) is 6.10 Å². The molecule has 2 rings (SSSR count). The monoisotopic (exact) mass is 224 g/mol. The second kappa shape index (κ2) is 4.59. The minimum Gasteiger partial charge on any atom is -0.490 e. The van der Waals surface area contributed by atoms with E-state index in [1.807, 2.05) is 17.0 Å². The first-order chi connectivity index (χ1) is 7.70. The van der Waals surface area contributed by atoms with E-state index in [9.17, 15) is 5.11 Å². The molecule has 0 aromatic heterocycles. The van der Waals surface area contributed by atoms with Crippen LogP contribution in [0.1, 0.15) is 0 Å². The summed E-state index contributed by atoms with van der Waals surface area (Å²) < 4.78 is 5.48. The van der Waals surface area contributed by atoms with Gasteiger partial charge in [0.25, 0.3) is 0 Å². The molecule has 1 atom stereocenters. The largest absolute Gasteiger partial charge is 0.490 e. The number of nitrogen functional groups attached to an aromatic ring is 1. The lowest BCUT2D eigenvalue weighted by molar-refractivity contribution is 0.0984. The summed E-state index contributed by atoms with van der Waals surface area (Å²) >= 11 is 0. The van der Waals surface area contributed by atoms with Crippen molar-refractivity contribution in [2.75, 3.05) is 36.9 Å². The summed E-state index contributed by atoms with van der Waals surface area (Å²) in [6, 6.07) is 5.42. The van der Waals surface area contributed by atoms with Crippen LogP contribution in [0.15, 0.2) is 18.2 Å². The molecule has 0 saturated heterocycles. The zero-order chi connectivity index (χ0) is 11.5. The number of hydrogen-bond donors (Lipinski definition) is 3. The topological polar surface area (TPSA) is 79.0 Å². The van der Waals surface area contributed by atoms with Crippen LogP contribution in [0.4, 0.5) is 11.4 Å². The molecule has 0 amide bonds. The fourth-order valence-corrected chi connectivity index (χ4v) is 1.79. The number of nitrogens with two attached hydrogens (primary N) is 1. The maximum absolute atomic E-state index is 9.44. The molecule has 1 heterocycles. The number of anilines is 2. The van der Waals surface area contributed by atoms with Gasteiger partial charge in [0.2, 0.25) is 0 Å². The van der Waals surface area contributed by atoms with Crippen molar-refractivity contribution < 1.29 is 14.9 Å². The molecule has 1 aromatic carbocycles. The molecule has 0 aliphatic carbocycles. The summed E-state index contributed by atoms with van der Waals surface area (Å²) in [7, 11) is 0. The Balaban J connectivity index is 2.21. The third-order valence-corrected chi connectivity index (χ3v) is 2.58. The number of benzene rings is 1. The maximum atomic E-state index is 9.44. The summed E-state index contributed by atoms with van der Waals surface area (Å²) in [4.78, 5) is 1.97. The van der Waals surface area contributed by atoms with Crippen LogP contribution >= 0.6 is 0 Å². The molecular formula is C11H16N2O3. The highest BCUT2D eigenvalue weighted by Crippen LogP contribution is 2.33. The van der Waals surface area contributed by atoms with Crippen LogP contribution in [-0.4, -0.2) is 42.6 Å². The SMILES string of the molecule is Nc1ccc2c(c1)N(CC(O)CO)CCO2. The van der Waals surface area contributed by atoms with E-state index in [0.29, 0.717) is 25.4 Å². The third kappa shape index (κ3) is 2.20. The fraction of sp³-hybridized carbons (Fsp3) is 0.455. The summed E-state index contributed by atoms with van der Waals surface area (Å²) in [6.07, 6.45) is -0.743. The lowest BCUT2D eigenvalue weighted by Crippen LogP contribution is -2.39. The van der Waals surface area contributed by atoms with E-state index < -0.39 is 6.10 Å². The Morgan fingerprint density at radius 2 is 2.31 bits per heavy atom. The third-order valence-electron chi connectivity index (χ3n) is 2.58. The van der Waals surface area contributed by atoms with Crippen molar-refractivity contribution in [3.8, 4) is 5.75 Å². The average molecular weight is 224 g/mol. The molecule has 1 unspecified atom stereocenters. The first-order valence-electron chi connectivity index (χ1n) is 5.27. The molecule has 1 aliphatic heterocycles. The highest BCUT2D eigenvalue weighted by Gasteiger charge is 2.20. The predicted molar refractivity (Wildman–Crippen MR) is 61.7 cm³/mol. The highest BCUT2D eigenvalue weighted by atomic mass is 16.5. The first kappa shape index (κ1) is 11.0. The molecule has 0 saturated carbocycles. The van der Waals surface area contributed by atoms with Crippen LogP contribution in [0.25, 0.3) is 0 Å². The summed E-state index contributed by atoms with van der Waals surface area (Å²) in [6.45, 7) is 1.41. The number of aliphatic hydroxyl groups is 2. The molecule has 0 spiro atoms. The number of ether oxygens (including phenoxy) is 1. The van der Waals surface area contributed by atoms with Crippen molar-refractivity contribution in [1.82, 2.24) is 0 Å². The lowest BCUT2D eigenvalue weighted by Gasteiger charge is -2.32. The molecule has 4 N–H and O–H groups in total. The van der Waals surface area contributed by atoms with E-state index in [4.69, 9.17) is 15.6 Å². The van der Waals surface area contributed by atoms with Gasteiger partial charge in [0.1, 0.15) is 12.4 Å². The Hall–Kier alpha value is -1.46. The number of nitrogens with zero attached hydrogens (tertiary/aromatic N) is 1. The molecule has 0 fully saturated rings. The van der Waals surface area contributed by atoms with Crippen LogP contribution < -0.4 is 15.4 Å². The van der Waals surface area contributed by atoms with Crippen molar-refractivity contribution in [2.24, 2.45) is 0 Å². The zero-order valence-electron chi connectivity index (χ0n) is 8.97. The molecular weight excluding hydrogens is 208 g/mol. The number of rotatable bonds is 3. The Morgan fingerprint density at radius 1 is 1.50 bits per heavy atom. The van der Waals surface area contributed by atoms with Gasteiger partial charge in [0, 0.05) is 12.2 Å². The lowest BCUT2D eigenvalue weighted by atomic mass is 10.2. The summed E-state index contributed by atoms with van der Waals surface area (Å²) in [5, 5.41) is 18.3. The molecule has 16 heavy (non-hydrogen) atoms. The minimum atomic E-state index is -0.743. The predicted octanol–water partition coefficient (Wildman–Crippen LogP) is -0.179. The van der Waals surface area contributed by atoms with Crippen LogP contribution in [0.2, 0.25) is 0 Å². The first-order valence-corrected chi connectivity index (χ1v) is 5.27. The Bertz CT molecular complexity index is 370. The fourth-order valence-electron chi connectivity index (χ4n) is 1.79. The molecule has 0 radical (unpaired) electrons. The van der Waals surface area contributed by atoms with Crippen LogP contribution in [0.5, 0.6) is 5.75 Å². The van der Waals surface area contributed by atoms with Crippen molar-refractivity contribution in [1.29, 1.82) is 0 Å². The molecule has 5 heteroatoms. The standard InChI is InChI=1S/C11H16N2O3/c12-8-1-2-11-10(5-8)13(3-4-16-11)6-9(15)7-14/h1-2,5,9,14-15H,3-4,6-7,12H2. The quantitative estimate of drug-likeness (QED) is 0.621. The summed E-state index contributed by atoms with van der Waals surface area (Å²) in [5.74, 6) is 0.769. The van der Waals surface area contributed by atoms with E-state index >= 15 is 0 Å². The number of β-amino-alcohol motifs (C(OH)–C–C–N with tert-alkyl or cyclic N) is 1. The van der Waals surface area contributed by atoms with Gasteiger partial charge >= 0.3 is 0 Å². The van der Waals surface area contributed by atoms with E-state index in [1.54, 1.807) is 6.07 Å². The van der Waals surface area contributed by atoms with E-state index in [1.165, 1.54) is 0 Å². The minimum absolute atomic E-state index is 0.241. The van der Waals surface area contributed by atoms with Crippen LogP contribution in [-0.2, 0) is 0 Å². The van der Waals surface area contributed by atoms with Crippen molar-refractivity contribution in [3.05, 3.63) is 18.2 Å². The maximum Gasteiger partial charge on any atom is 0.142 e. The Kier molecular flexibility index (Phi) is 3.17.